The molecule has 1 N–H and O–H groups in total. The normalized spacial score (nSPS) is 12.4. The van der Waals surface area contributed by atoms with Gasteiger partial charge in [-0.1, -0.05) is 32.6 Å². The lowest BCUT2D eigenvalue weighted by Gasteiger charge is -2.03. The monoisotopic (exact) mass is 271 g/mol. The van der Waals surface area contributed by atoms with E-state index in [1.54, 1.807) is 12.1 Å². The summed E-state index contributed by atoms with van der Waals surface area (Å²) in [6.45, 7) is 4.71. The molecule has 1 unspecified atom stereocenters. The van der Waals surface area contributed by atoms with E-state index >= 15 is 0 Å². The zero-order valence-corrected chi connectivity index (χ0v) is 11.9. The highest BCUT2D eigenvalue weighted by Gasteiger charge is 2.12. The third-order valence-corrected chi connectivity index (χ3v) is 3.02. The topological polar surface area (TPSA) is 42.2 Å². The zero-order chi connectivity index (χ0) is 13.4. The second kappa shape index (κ2) is 8.20. The van der Waals surface area contributed by atoms with Gasteiger partial charge in [0.1, 0.15) is 5.76 Å². The largest absolute Gasteiger partial charge is 0.454 e. The van der Waals surface area contributed by atoms with Gasteiger partial charge in [-0.25, -0.2) is 0 Å². The second-order valence-corrected chi connectivity index (χ2v) is 5.14. The van der Waals surface area contributed by atoms with E-state index < -0.39 is 0 Å². The number of hydrogen-bond acceptors (Lipinski definition) is 2. The van der Waals surface area contributed by atoms with Gasteiger partial charge >= 0.3 is 0 Å². The van der Waals surface area contributed by atoms with Crippen LogP contribution in [0, 0.1) is 0 Å². The van der Waals surface area contributed by atoms with Crippen LogP contribution in [0.1, 0.15) is 67.6 Å². The molecule has 0 spiro atoms. The first kappa shape index (κ1) is 15.1. The van der Waals surface area contributed by atoms with Crippen molar-refractivity contribution < 1.29 is 9.21 Å². The van der Waals surface area contributed by atoms with Crippen LogP contribution in [-0.4, -0.2) is 12.5 Å². The molecule has 3 nitrogen and oxygen atoms in total. The minimum atomic E-state index is -0.208. The molecule has 1 atom stereocenters. The maximum atomic E-state index is 11.7. The van der Waals surface area contributed by atoms with Crippen LogP contribution in [0.4, 0.5) is 0 Å². The maximum absolute atomic E-state index is 11.7. The van der Waals surface area contributed by atoms with Crippen molar-refractivity contribution in [2.24, 2.45) is 0 Å². The minimum absolute atomic E-state index is 0.158. The zero-order valence-electron chi connectivity index (χ0n) is 11.2. The average Bonchev–Trinajstić information content (AvgIpc) is 2.83. The SMILES string of the molecule is CCCCCCCNC(=O)c1ccc(C(C)Cl)o1. The van der Waals surface area contributed by atoms with E-state index in [0.29, 0.717) is 18.1 Å². The van der Waals surface area contributed by atoms with Crippen molar-refractivity contribution >= 4 is 17.5 Å². The summed E-state index contributed by atoms with van der Waals surface area (Å²) in [7, 11) is 0. The van der Waals surface area contributed by atoms with Crippen molar-refractivity contribution in [3.63, 3.8) is 0 Å². The number of amides is 1. The predicted molar refractivity (Wildman–Crippen MR) is 74.1 cm³/mol. The Balaban J connectivity index is 2.23. The fourth-order valence-corrected chi connectivity index (χ4v) is 1.82. The van der Waals surface area contributed by atoms with Crippen LogP contribution in [0.15, 0.2) is 16.5 Å². The first-order chi connectivity index (χ1) is 8.65. The van der Waals surface area contributed by atoms with Gasteiger partial charge in [-0.3, -0.25) is 4.79 Å². The number of nitrogens with one attached hydrogen (secondary N) is 1. The summed E-state index contributed by atoms with van der Waals surface area (Å²) in [6.07, 6.45) is 5.92. The summed E-state index contributed by atoms with van der Waals surface area (Å²) in [6, 6.07) is 3.41. The molecule has 4 heteroatoms. The van der Waals surface area contributed by atoms with Gasteiger partial charge in [0.05, 0.1) is 5.38 Å². The van der Waals surface area contributed by atoms with E-state index in [1.807, 2.05) is 6.92 Å². The molecule has 0 saturated carbocycles. The fourth-order valence-electron chi connectivity index (χ4n) is 1.71. The van der Waals surface area contributed by atoms with Crippen molar-refractivity contribution in [1.82, 2.24) is 5.32 Å². The van der Waals surface area contributed by atoms with E-state index in [4.69, 9.17) is 16.0 Å². The molecule has 0 aromatic carbocycles. The molecule has 0 bridgehead atoms. The highest BCUT2D eigenvalue weighted by Crippen LogP contribution is 2.21. The Morgan fingerprint density at radius 3 is 2.67 bits per heavy atom. The van der Waals surface area contributed by atoms with Crippen LogP contribution < -0.4 is 5.32 Å². The molecule has 18 heavy (non-hydrogen) atoms. The van der Waals surface area contributed by atoms with Crippen molar-refractivity contribution in [2.75, 3.05) is 6.54 Å². The van der Waals surface area contributed by atoms with Crippen LogP contribution >= 0.6 is 11.6 Å². The van der Waals surface area contributed by atoms with Crippen LogP contribution in [-0.2, 0) is 0 Å². The Labute approximate surface area is 114 Å². The molecule has 1 aromatic rings. The Morgan fingerprint density at radius 2 is 2.06 bits per heavy atom. The predicted octanol–water partition coefficient (Wildman–Crippen LogP) is 4.28. The number of carbonyl (C=O) groups excluding carboxylic acids is 1. The lowest BCUT2D eigenvalue weighted by molar-refractivity contribution is 0.0923. The standard InChI is InChI=1S/C14H22ClNO2/c1-3-4-5-6-7-10-16-14(17)13-9-8-12(18-13)11(2)15/h8-9,11H,3-7,10H2,1-2H3,(H,16,17). The van der Waals surface area contributed by atoms with E-state index in [1.165, 1.54) is 19.3 Å². The summed E-state index contributed by atoms with van der Waals surface area (Å²) in [4.78, 5) is 11.7. The van der Waals surface area contributed by atoms with Crippen LogP contribution in [0.2, 0.25) is 0 Å². The average molecular weight is 272 g/mol. The fraction of sp³-hybridized carbons (Fsp3) is 0.643. The van der Waals surface area contributed by atoms with E-state index in [2.05, 4.69) is 12.2 Å². The van der Waals surface area contributed by atoms with E-state index in [0.717, 1.165) is 12.8 Å². The lowest BCUT2D eigenvalue weighted by atomic mass is 10.1. The van der Waals surface area contributed by atoms with Crippen LogP contribution in [0.3, 0.4) is 0 Å². The summed E-state index contributed by atoms with van der Waals surface area (Å²) < 4.78 is 5.36. The molecule has 0 aliphatic heterocycles. The Morgan fingerprint density at radius 1 is 1.33 bits per heavy atom. The Bertz CT molecular complexity index is 360. The van der Waals surface area contributed by atoms with Gasteiger partial charge in [0, 0.05) is 6.54 Å². The van der Waals surface area contributed by atoms with E-state index in [9.17, 15) is 4.79 Å². The molecule has 102 valence electrons. The third kappa shape index (κ3) is 5.13. The van der Waals surface area contributed by atoms with Gasteiger partial charge < -0.3 is 9.73 Å². The van der Waals surface area contributed by atoms with Gasteiger partial charge in [0.25, 0.3) is 5.91 Å². The van der Waals surface area contributed by atoms with Gasteiger partial charge in [0.2, 0.25) is 0 Å². The van der Waals surface area contributed by atoms with E-state index in [-0.39, 0.29) is 11.3 Å². The van der Waals surface area contributed by atoms with Gasteiger partial charge in [-0.2, -0.15) is 0 Å². The van der Waals surface area contributed by atoms with Gasteiger partial charge in [-0.15, -0.1) is 11.6 Å². The molecule has 0 radical (unpaired) electrons. The molecule has 1 aromatic heterocycles. The number of rotatable bonds is 8. The number of halogens is 1. The molecule has 0 saturated heterocycles. The smallest absolute Gasteiger partial charge is 0.286 e. The highest BCUT2D eigenvalue weighted by molar-refractivity contribution is 6.20. The number of hydrogen-bond donors (Lipinski definition) is 1. The molecule has 0 aliphatic carbocycles. The summed E-state index contributed by atoms with van der Waals surface area (Å²) >= 11 is 5.87. The van der Waals surface area contributed by atoms with Crippen molar-refractivity contribution in [2.45, 2.75) is 51.3 Å². The maximum Gasteiger partial charge on any atom is 0.286 e. The molecule has 0 aliphatic rings. The number of carbonyl (C=O) groups is 1. The minimum Gasteiger partial charge on any atom is -0.454 e. The molecule has 0 fully saturated rings. The summed E-state index contributed by atoms with van der Waals surface area (Å²) in [5.41, 5.74) is 0. The Hall–Kier alpha value is -0.960. The quantitative estimate of drug-likeness (QED) is 0.566. The van der Waals surface area contributed by atoms with Gasteiger partial charge in [-0.05, 0) is 25.5 Å². The lowest BCUT2D eigenvalue weighted by Crippen LogP contribution is -2.23. The molecule has 1 heterocycles. The first-order valence-corrected chi connectivity index (χ1v) is 7.10. The Kier molecular flexibility index (Phi) is 6.88. The number of unbranched alkanes of at least 4 members (excludes halogenated alkanes) is 4. The van der Waals surface area contributed by atoms with Crippen molar-refractivity contribution in [3.8, 4) is 0 Å². The van der Waals surface area contributed by atoms with Crippen molar-refractivity contribution in [3.05, 3.63) is 23.7 Å². The number of alkyl halides is 1. The molecule has 1 amide bonds. The van der Waals surface area contributed by atoms with Crippen molar-refractivity contribution in [1.29, 1.82) is 0 Å². The summed E-state index contributed by atoms with van der Waals surface area (Å²) in [5.74, 6) is 0.810. The molecular formula is C14H22ClNO2. The van der Waals surface area contributed by atoms with Gasteiger partial charge in [0.15, 0.2) is 5.76 Å². The molecule has 1 rings (SSSR count). The van der Waals surface area contributed by atoms with Crippen LogP contribution in [0.5, 0.6) is 0 Å². The number of furan rings is 1. The van der Waals surface area contributed by atoms with Crippen LogP contribution in [0.25, 0.3) is 0 Å². The molecular weight excluding hydrogens is 250 g/mol. The third-order valence-electron chi connectivity index (χ3n) is 2.81. The second-order valence-electron chi connectivity index (χ2n) is 4.49. The first-order valence-electron chi connectivity index (χ1n) is 6.67. The highest BCUT2D eigenvalue weighted by atomic mass is 35.5. The summed E-state index contributed by atoms with van der Waals surface area (Å²) in [5, 5.41) is 2.64.